The van der Waals surface area contributed by atoms with Crippen LogP contribution in [0.15, 0.2) is 72.4 Å². The Morgan fingerprint density at radius 2 is 1.89 bits per heavy atom. The highest BCUT2D eigenvalue weighted by Gasteiger charge is 2.48. The van der Waals surface area contributed by atoms with E-state index in [0.29, 0.717) is 28.5 Å². The lowest BCUT2D eigenvalue weighted by molar-refractivity contribution is -0.132. The van der Waals surface area contributed by atoms with Crippen LogP contribution >= 0.6 is 11.6 Å². The normalized spacial score (nSPS) is 18.3. The van der Waals surface area contributed by atoms with Crippen LogP contribution in [0.1, 0.15) is 17.2 Å². The SMILES string of the molecule is COc1ccc(Cl)c(/C(O)=C2\C(=O)C(=O)N(c3ccc4c(c3)OCO4)C2c2c[nH]c3ccccc23)c1. The van der Waals surface area contributed by atoms with Crippen LogP contribution in [0.25, 0.3) is 16.7 Å². The van der Waals surface area contributed by atoms with E-state index in [1.807, 2.05) is 24.3 Å². The van der Waals surface area contributed by atoms with Crippen molar-refractivity contribution in [2.24, 2.45) is 0 Å². The van der Waals surface area contributed by atoms with Gasteiger partial charge in [-0.25, -0.2) is 0 Å². The zero-order valence-corrected chi connectivity index (χ0v) is 19.7. The average molecular weight is 503 g/mol. The number of ketones is 1. The molecule has 2 aliphatic rings. The number of carbonyl (C=O) groups is 2. The summed E-state index contributed by atoms with van der Waals surface area (Å²) in [5.74, 6) is -0.570. The smallest absolute Gasteiger partial charge is 0.300 e. The Balaban J connectivity index is 1.61. The highest BCUT2D eigenvalue weighted by atomic mass is 35.5. The first-order valence-electron chi connectivity index (χ1n) is 11.1. The van der Waals surface area contributed by atoms with Crippen LogP contribution in [-0.4, -0.2) is 35.7 Å². The minimum absolute atomic E-state index is 0.0673. The maximum atomic E-state index is 13.5. The maximum absolute atomic E-state index is 13.5. The van der Waals surface area contributed by atoms with Crippen LogP contribution in [0.3, 0.4) is 0 Å². The van der Waals surface area contributed by atoms with Crippen molar-refractivity contribution in [2.45, 2.75) is 6.04 Å². The molecular weight excluding hydrogens is 484 g/mol. The van der Waals surface area contributed by atoms with Crippen molar-refractivity contribution >= 4 is 45.6 Å². The number of rotatable bonds is 4. The second kappa shape index (κ2) is 8.35. The molecule has 0 bridgehead atoms. The first-order valence-corrected chi connectivity index (χ1v) is 11.5. The van der Waals surface area contributed by atoms with Crippen LogP contribution in [0.2, 0.25) is 5.02 Å². The largest absolute Gasteiger partial charge is 0.507 e. The average Bonchev–Trinajstić information content (AvgIpc) is 3.60. The number of halogens is 1. The molecule has 0 saturated carbocycles. The third-order valence-corrected chi connectivity index (χ3v) is 6.75. The molecule has 1 amide bonds. The number of aliphatic hydroxyl groups excluding tert-OH is 1. The molecule has 1 atom stereocenters. The number of para-hydroxylation sites is 1. The van der Waals surface area contributed by atoms with Gasteiger partial charge in [0.25, 0.3) is 11.7 Å². The molecule has 1 aromatic heterocycles. The van der Waals surface area contributed by atoms with E-state index in [9.17, 15) is 14.7 Å². The van der Waals surface area contributed by atoms with E-state index < -0.39 is 23.5 Å². The van der Waals surface area contributed by atoms with E-state index in [4.69, 9.17) is 25.8 Å². The Morgan fingerprint density at radius 3 is 2.72 bits per heavy atom. The molecule has 0 spiro atoms. The molecule has 6 rings (SSSR count). The lowest BCUT2D eigenvalue weighted by Gasteiger charge is -2.25. The molecule has 1 fully saturated rings. The van der Waals surface area contributed by atoms with E-state index >= 15 is 0 Å². The number of amides is 1. The highest BCUT2D eigenvalue weighted by Crippen LogP contribution is 2.47. The van der Waals surface area contributed by atoms with Crippen LogP contribution < -0.4 is 19.1 Å². The fourth-order valence-corrected chi connectivity index (χ4v) is 4.91. The van der Waals surface area contributed by atoms with Crippen molar-refractivity contribution in [3.8, 4) is 17.2 Å². The molecule has 180 valence electrons. The molecular formula is C27H19ClN2O6. The van der Waals surface area contributed by atoms with Crippen LogP contribution in [0.4, 0.5) is 5.69 Å². The first-order chi connectivity index (χ1) is 17.5. The number of Topliss-reactive ketones (excluding diaryl/α,β-unsaturated/α-hetero) is 1. The number of nitrogens with zero attached hydrogens (tertiary/aromatic N) is 1. The van der Waals surface area contributed by atoms with Crippen LogP contribution in [0, 0.1) is 0 Å². The lowest BCUT2D eigenvalue weighted by Crippen LogP contribution is -2.29. The fourth-order valence-electron chi connectivity index (χ4n) is 4.71. The van der Waals surface area contributed by atoms with E-state index in [2.05, 4.69) is 4.98 Å². The number of nitrogens with one attached hydrogen (secondary N) is 1. The number of aromatic amines is 1. The topological polar surface area (TPSA) is 101 Å². The van der Waals surface area contributed by atoms with Gasteiger partial charge in [-0.3, -0.25) is 14.5 Å². The Hall–Kier alpha value is -4.43. The van der Waals surface area contributed by atoms with E-state index in [1.54, 1.807) is 36.5 Å². The lowest BCUT2D eigenvalue weighted by atomic mass is 9.94. The van der Waals surface area contributed by atoms with Crippen LogP contribution in [-0.2, 0) is 9.59 Å². The minimum Gasteiger partial charge on any atom is -0.507 e. The number of benzene rings is 3. The third-order valence-electron chi connectivity index (χ3n) is 6.42. The number of fused-ring (bicyclic) bond motifs is 2. The molecule has 0 radical (unpaired) electrons. The number of carbonyl (C=O) groups excluding carboxylic acids is 2. The Kier molecular flexibility index (Phi) is 5.12. The highest BCUT2D eigenvalue weighted by molar-refractivity contribution is 6.52. The minimum atomic E-state index is -0.941. The molecule has 8 nitrogen and oxygen atoms in total. The zero-order valence-electron chi connectivity index (χ0n) is 18.9. The molecule has 1 unspecified atom stereocenters. The van der Waals surface area contributed by atoms with Gasteiger partial charge in [-0.05, 0) is 36.4 Å². The summed E-state index contributed by atoms with van der Waals surface area (Å²) in [5.41, 5.74) is 1.99. The quantitative estimate of drug-likeness (QED) is 0.226. The van der Waals surface area contributed by atoms with Gasteiger partial charge in [0, 0.05) is 40.0 Å². The van der Waals surface area contributed by atoms with E-state index in [0.717, 1.165) is 10.9 Å². The summed E-state index contributed by atoms with van der Waals surface area (Å²) >= 11 is 6.40. The monoisotopic (exact) mass is 502 g/mol. The second-order valence-corrected chi connectivity index (χ2v) is 8.75. The number of ether oxygens (including phenoxy) is 3. The summed E-state index contributed by atoms with van der Waals surface area (Å²) in [6.45, 7) is 0.0673. The summed E-state index contributed by atoms with van der Waals surface area (Å²) in [6, 6.07) is 16.3. The molecule has 9 heteroatoms. The van der Waals surface area contributed by atoms with Crippen molar-refractivity contribution < 1.29 is 28.9 Å². The Labute approximate surface area is 210 Å². The van der Waals surface area contributed by atoms with Gasteiger partial charge >= 0.3 is 0 Å². The summed E-state index contributed by atoms with van der Waals surface area (Å²) in [4.78, 5) is 31.5. The predicted molar refractivity (Wildman–Crippen MR) is 134 cm³/mol. The predicted octanol–water partition coefficient (Wildman–Crippen LogP) is 5.18. The van der Waals surface area contributed by atoms with E-state index in [1.165, 1.54) is 18.1 Å². The van der Waals surface area contributed by atoms with Gasteiger partial charge in [-0.2, -0.15) is 0 Å². The van der Waals surface area contributed by atoms with Gasteiger partial charge in [0.2, 0.25) is 6.79 Å². The molecule has 0 aliphatic carbocycles. The van der Waals surface area contributed by atoms with Crippen molar-refractivity contribution in [1.82, 2.24) is 4.98 Å². The molecule has 2 N–H and O–H groups in total. The summed E-state index contributed by atoms with van der Waals surface area (Å²) in [6.07, 6.45) is 1.74. The number of anilines is 1. The van der Waals surface area contributed by atoms with Gasteiger partial charge in [0.15, 0.2) is 11.5 Å². The third kappa shape index (κ3) is 3.30. The number of hydrogen-bond donors (Lipinski definition) is 2. The molecule has 3 aromatic carbocycles. The standard InChI is InChI=1S/C27H19ClN2O6/c1-34-15-7-8-19(28)17(11-15)25(31)23-24(18-12-29-20-5-3-2-4-16(18)20)30(27(33)26(23)32)14-6-9-21-22(10-14)36-13-35-21/h2-12,24,29,31H,13H2,1H3/b25-23+. The van der Waals surface area contributed by atoms with Gasteiger partial charge < -0.3 is 24.3 Å². The zero-order chi connectivity index (χ0) is 25.0. The summed E-state index contributed by atoms with van der Waals surface area (Å²) in [7, 11) is 1.48. The number of methoxy groups -OCH3 is 1. The Morgan fingerprint density at radius 1 is 1.08 bits per heavy atom. The van der Waals surface area contributed by atoms with Gasteiger partial charge in [-0.1, -0.05) is 29.8 Å². The first kappa shape index (κ1) is 22.1. The number of hydrogen-bond acceptors (Lipinski definition) is 6. The summed E-state index contributed by atoms with van der Waals surface area (Å²) < 4.78 is 16.2. The molecule has 1 saturated heterocycles. The van der Waals surface area contributed by atoms with Crippen LogP contribution in [0.5, 0.6) is 17.2 Å². The van der Waals surface area contributed by atoms with Crippen molar-refractivity contribution in [1.29, 1.82) is 0 Å². The van der Waals surface area contributed by atoms with Gasteiger partial charge in [0.1, 0.15) is 11.5 Å². The van der Waals surface area contributed by atoms with Gasteiger partial charge in [0.05, 0.1) is 23.7 Å². The molecule has 36 heavy (non-hydrogen) atoms. The fraction of sp³-hybridized carbons (Fsp3) is 0.111. The van der Waals surface area contributed by atoms with Crippen molar-refractivity contribution in [3.05, 3.63) is 88.6 Å². The molecule has 4 aromatic rings. The molecule has 2 aliphatic heterocycles. The second-order valence-electron chi connectivity index (χ2n) is 8.34. The van der Waals surface area contributed by atoms with Crippen molar-refractivity contribution in [2.75, 3.05) is 18.8 Å². The summed E-state index contributed by atoms with van der Waals surface area (Å²) in [5, 5.41) is 12.5. The van der Waals surface area contributed by atoms with E-state index in [-0.39, 0.29) is 23.0 Å². The number of aliphatic hydroxyl groups is 1. The molecule has 3 heterocycles. The number of H-pyrrole nitrogens is 1. The maximum Gasteiger partial charge on any atom is 0.300 e. The Bertz CT molecular complexity index is 1590. The van der Waals surface area contributed by atoms with Gasteiger partial charge in [-0.15, -0.1) is 0 Å². The van der Waals surface area contributed by atoms with Crippen molar-refractivity contribution in [3.63, 3.8) is 0 Å². The number of aromatic nitrogens is 1.